The van der Waals surface area contributed by atoms with Gasteiger partial charge in [0.15, 0.2) is 0 Å². The van der Waals surface area contributed by atoms with Crippen LogP contribution in [-0.4, -0.2) is 14.8 Å². The second-order valence-corrected chi connectivity index (χ2v) is 3.99. The molecule has 4 heteroatoms. The van der Waals surface area contributed by atoms with E-state index in [0.29, 0.717) is 0 Å². The van der Waals surface area contributed by atoms with Gasteiger partial charge < -0.3 is 0 Å². The summed E-state index contributed by atoms with van der Waals surface area (Å²) in [7, 11) is 0. The van der Waals surface area contributed by atoms with Crippen molar-refractivity contribution in [1.29, 1.82) is 0 Å². The lowest BCUT2D eigenvalue weighted by Crippen LogP contribution is -1.93. The highest BCUT2D eigenvalue weighted by molar-refractivity contribution is 9.10. The Bertz CT molecular complexity index is 364. The molecule has 0 aliphatic carbocycles. The molecule has 0 saturated heterocycles. The van der Waals surface area contributed by atoms with Crippen LogP contribution in [0, 0.1) is 0 Å². The van der Waals surface area contributed by atoms with Gasteiger partial charge in [0, 0.05) is 13.0 Å². The molecule has 1 aliphatic rings. The van der Waals surface area contributed by atoms with Crippen LogP contribution in [-0.2, 0) is 13.0 Å². The van der Waals surface area contributed by atoms with Gasteiger partial charge in [-0.2, -0.15) is 0 Å². The molecule has 0 bridgehead atoms. The third kappa shape index (κ3) is 4.69. The first kappa shape index (κ1) is 13.9. The largest absolute Gasteiger partial charge is 0.249 e. The summed E-state index contributed by atoms with van der Waals surface area (Å²) in [6.07, 6.45) is 2.28. The van der Waals surface area contributed by atoms with Crippen LogP contribution in [0.4, 0.5) is 0 Å². The maximum absolute atomic E-state index is 4.16. The Labute approximate surface area is 111 Å². The first-order chi connectivity index (χ1) is 8.36. The minimum Gasteiger partial charge on any atom is -0.249 e. The summed E-state index contributed by atoms with van der Waals surface area (Å²) in [6.45, 7) is 5.04. The van der Waals surface area contributed by atoms with Gasteiger partial charge in [-0.05, 0) is 22.4 Å². The predicted octanol–water partition coefficient (Wildman–Crippen LogP) is 3.70. The first-order valence-corrected chi connectivity index (χ1v) is 6.75. The van der Waals surface area contributed by atoms with Crippen molar-refractivity contribution in [3.8, 4) is 0 Å². The van der Waals surface area contributed by atoms with E-state index in [-0.39, 0.29) is 0 Å². The Kier molecular flexibility index (Phi) is 6.55. The highest BCUT2D eigenvalue weighted by atomic mass is 79.9. The summed E-state index contributed by atoms with van der Waals surface area (Å²) >= 11 is 3.21. The number of benzene rings is 1. The Morgan fingerprint density at radius 3 is 2.06 bits per heavy atom. The molecule has 17 heavy (non-hydrogen) atoms. The fourth-order valence-electron chi connectivity index (χ4n) is 1.48. The van der Waals surface area contributed by atoms with Gasteiger partial charge >= 0.3 is 0 Å². The maximum atomic E-state index is 4.16. The SMILES string of the molecule is Brc1nc2n(n1)CCC2.CC.c1ccccc1. The molecule has 0 unspecified atom stereocenters. The number of hydrogen-bond acceptors (Lipinski definition) is 2. The molecule has 0 N–H and O–H groups in total. The lowest BCUT2D eigenvalue weighted by molar-refractivity contribution is 0.652. The van der Waals surface area contributed by atoms with Crippen LogP contribution in [0.2, 0.25) is 0 Å². The first-order valence-electron chi connectivity index (χ1n) is 5.95. The van der Waals surface area contributed by atoms with E-state index in [4.69, 9.17) is 0 Å². The maximum Gasteiger partial charge on any atom is 0.217 e. The van der Waals surface area contributed by atoms with E-state index < -0.39 is 0 Å². The van der Waals surface area contributed by atoms with Gasteiger partial charge in [0.1, 0.15) is 5.82 Å². The fraction of sp³-hybridized carbons (Fsp3) is 0.385. The number of fused-ring (bicyclic) bond motifs is 1. The summed E-state index contributed by atoms with van der Waals surface area (Å²) in [4.78, 5) is 4.16. The van der Waals surface area contributed by atoms with E-state index in [1.165, 1.54) is 6.42 Å². The zero-order chi connectivity index (χ0) is 12.5. The number of hydrogen-bond donors (Lipinski definition) is 0. The van der Waals surface area contributed by atoms with Crippen LogP contribution in [0.1, 0.15) is 26.1 Å². The van der Waals surface area contributed by atoms with E-state index >= 15 is 0 Å². The van der Waals surface area contributed by atoms with Crippen molar-refractivity contribution in [2.45, 2.75) is 33.2 Å². The lowest BCUT2D eigenvalue weighted by Gasteiger charge is -1.85. The molecule has 2 heterocycles. The molecule has 1 aromatic heterocycles. The molecule has 0 amide bonds. The van der Waals surface area contributed by atoms with Gasteiger partial charge in [0.05, 0.1) is 0 Å². The highest BCUT2D eigenvalue weighted by Crippen LogP contribution is 2.13. The zero-order valence-electron chi connectivity index (χ0n) is 10.3. The topological polar surface area (TPSA) is 30.7 Å². The third-order valence-electron chi connectivity index (χ3n) is 2.16. The van der Waals surface area contributed by atoms with Gasteiger partial charge in [0.25, 0.3) is 0 Å². The van der Waals surface area contributed by atoms with Crippen molar-refractivity contribution in [1.82, 2.24) is 14.8 Å². The minimum absolute atomic E-state index is 0.720. The van der Waals surface area contributed by atoms with E-state index in [1.807, 2.05) is 54.9 Å². The molecule has 0 radical (unpaired) electrons. The van der Waals surface area contributed by atoms with Crippen LogP contribution in [0.15, 0.2) is 41.1 Å². The molecule has 0 spiro atoms. The van der Waals surface area contributed by atoms with Crippen LogP contribution in [0.3, 0.4) is 0 Å². The Morgan fingerprint density at radius 2 is 1.59 bits per heavy atom. The van der Waals surface area contributed by atoms with Crippen molar-refractivity contribution in [3.05, 3.63) is 47.0 Å². The molecule has 0 atom stereocenters. The standard InChI is InChI=1S/C6H6.C5H6BrN3.C2H6/c1-2-4-6-5-3-1;6-5-7-4-2-1-3-9(4)8-5;1-2/h1-6H;1-3H2;1-2H3. The van der Waals surface area contributed by atoms with Crippen LogP contribution >= 0.6 is 15.9 Å². The lowest BCUT2D eigenvalue weighted by atomic mass is 10.4. The van der Waals surface area contributed by atoms with E-state index in [9.17, 15) is 0 Å². The Balaban J connectivity index is 0.000000158. The second kappa shape index (κ2) is 8.01. The fourth-order valence-corrected chi connectivity index (χ4v) is 1.88. The van der Waals surface area contributed by atoms with Crippen molar-refractivity contribution in [2.24, 2.45) is 0 Å². The van der Waals surface area contributed by atoms with Crippen LogP contribution in [0.25, 0.3) is 0 Å². The zero-order valence-corrected chi connectivity index (χ0v) is 11.9. The highest BCUT2D eigenvalue weighted by Gasteiger charge is 2.12. The summed E-state index contributed by atoms with van der Waals surface area (Å²) < 4.78 is 2.67. The van der Waals surface area contributed by atoms with E-state index in [2.05, 4.69) is 26.0 Å². The van der Waals surface area contributed by atoms with Gasteiger partial charge in [-0.15, -0.1) is 5.10 Å². The smallest absolute Gasteiger partial charge is 0.217 e. The van der Waals surface area contributed by atoms with Crippen LogP contribution < -0.4 is 0 Å². The molecule has 3 rings (SSSR count). The van der Waals surface area contributed by atoms with Crippen molar-refractivity contribution < 1.29 is 0 Å². The van der Waals surface area contributed by atoms with Gasteiger partial charge in [-0.1, -0.05) is 50.2 Å². The van der Waals surface area contributed by atoms with E-state index in [1.54, 1.807) is 0 Å². The molecule has 0 fully saturated rings. The quantitative estimate of drug-likeness (QED) is 0.742. The summed E-state index contributed by atoms with van der Waals surface area (Å²) in [5.41, 5.74) is 0. The Hall–Kier alpha value is -1.16. The molecule has 92 valence electrons. The molecule has 2 aromatic rings. The average Bonchev–Trinajstić information content (AvgIpc) is 2.95. The second-order valence-electron chi connectivity index (χ2n) is 3.28. The van der Waals surface area contributed by atoms with Crippen molar-refractivity contribution in [3.63, 3.8) is 0 Å². The Morgan fingerprint density at radius 1 is 1.06 bits per heavy atom. The monoisotopic (exact) mass is 295 g/mol. The molecule has 0 saturated carbocycles. The van der Waals surface area contributed by atoms with Gasteiger partial charge in [0.2, 0.25) is 4.73 Å². The summed E-state index contributed by atoms with van der Waals surface area (Å²) in [6, 6.07) is 12.0. The molecule has 3 nitrogen and oxygen atoms in total. The molecular weight excluding hydrogens is 278 g/mol. The number of halogens is 1. The van der Waals surface area contributed by atoms with Crippen molar-refractivity contribution in [2.75, 3.05) is 0 Å². The van der Waals surface area contributed by atoms with Gasteiger partial charge in [-0.25, -0.2) is 9.67 Å². The van der Waals surface area contributed by atoms with Crippen molar-refractivity contribution >= 4 is 15.9 Å². The van der Waals surface area contributed by atoms with Gasteiger partial charge in [-0.3, -0.25) is 0 Å². The third-order valence-corrected chi connectivity index (χ3v) is 2.50. The molecule has 1 aliphatic heterocycles. The van der Waals surface area contributed by atoms with E-state index in [0.717, 1.165) is 23.5 Å². The summed E-state index contributed by atoms with van der Waals surface area (Å²) in [5.74, 6) is 1.11. The molecular formula is C13H18BrN3. The average molecular weight is 296 g/mol. The number of rotatable bonds is 0. The predicted molar refractivity (Wildman–Crippen MR) is 73.8 cm³/mol. The van der Waals surface area contributed by atoms with Crippen LogP contribution in [0.5, 0.6) is 0 Å². The summed E-state index contributed by atoms with van der Waals surface area (Å²) in [5, 5.41) is 4.11. The normalized spacial score (nSPS) is 11.7. The molecule has 1 aromatic carbocycles. The minimum atomic E-state index is 0.720. The number of aryl methyl sites for hydroxylation is 2. The number of aromatic nitrogens is 3. The number of nitrogens with zero attached hydrogens (tertiary/aromatic N) is 3.